The molecule has 0 aliphatic heterocycles. The molecule has 0 fully saturated rings. The average Bonchev–Trinajstić information content (AvgIpc) is 2.35. The van der Waals surface area contributed by atoms with Gasteiger partial charge in [-0.2, -0.15) is 0 Å². The Kier molecular flexibility index (Phi) is 5.01. The van der Waals surface area contributed by atoms with Gasteiger partial charge in [0.1, 0.15) is 0 Å². The van der Waals surface area contributed by atoms with Crippen molar-refractivity contribution in [1.29, 1.82) is 0 Å². The molecule has 0 radical (unpaired) electrons. The molecular formula is C11H15BN2O5S. The SMILES string of the molecule is Cc1c(C(C)(C)C(=O)O)c(=O)c(NOB=S=O)cn1C. The standard InChI is InChI=1S/C11H15BN2O5S/c1-6-8(11(2,3)10(16)17)9(15)7(5-14(6)4)13-19-12-20-18/h5,13H,1-4H3,(H,16,17). The Morgan fingerprint density at radius 2 is 2.15 bits per heavy atom. The predicted octanol–water partition coefficient (Wildman–Crippen LogP) is 0.147. The monoisotopic (exact) mass is 298 g/mol. The summed E-state index contributed by atoms with van der Waals surface area (Å²) in [5, 5.41) is 9.29. The number of aromatic nitrogens is 1. The van der Waals surface area contributed by atoms with Crippen LogP contribution in [-0.2, 0) is 33.1 Å². The van der Waals surface area contributed by atoms with Crippen molar-refractivity contribution in [3.8, 4) is 0 Å². The van der Waals surface area contributed by atoms with Crippen molar-refractivity contribution in [2.75, 3.05) is 5.48 Å². The fourth-order valence-corrected chi connectivity index (χ4v) is 1.93. The summed E-state index contributed by atoms with van der Waals surface area (Å²) in [6.45, 7) is 4.60. The molecule has 0 aromatic carbocycles. The fourth-order valence-electron chi connectivity index (χ4n) is 1.85. The molecule has 0 atom stereocenters. The Balaban J connectivity index is 3.48. The van der Waals surface area contributed by atoms with E-state index in [1.165, 1.54) is 20.0 Å². The number of carboxylic acid groups (broad SMARTS) is 1. The normalized spacial score (nSPS) is 10.8. The van der Waals surface area contributed by atoms with Gasteiger partial charge in [-0.05, 0) is 0 Å². The first kappa shape index (κ1) is 16.3. The quantitative estimate of drug-likeness (QED) is 0.593. The van der Waals surface area contributed by atoms with E-state index in [9.17, 15) is 18.9 Å². The molecule has 9 heteroatoms. The topological polar surface area (TPSA) is 97.6 Å². The molecule has 0 amide bonds. The van der Waals surface area contributed by atoms with Crippen molar-refractivity contribution in [3.05, 3.63) is 27.7 Å². The van der Waals surface area contributed by atoms with Gasteiger partial charge >= 0.3 is 119 Å². The number of aliphatic carboxylic acids is 1. The molecular weight excluding hydrogens is 283 g/mol. The van der Waals surface area contributed by atoms with E-state index in [1.807, 2.05) is 0 Å². The van der Waals surface area contributed by atoms with Crippen molar-refractivity contribution < 1.29 is 18.9 Å². The van der Waals surface area contributed by atoms with Crippen LogP contribution in [0.3, 0.4) is 0 Å². The summed E-state index contributed by atoms with van der Waals surface area (Å²) in [4.78, 5) is 23.7. The Hall–Kier alpha value is -1.74. The summed E-state index contributed by atoms with van der Waals surface area (Å²) in [5.41, 5.74) is 1.29. The van der Waals surface area contributed by atoms with Gasteiger partial charge in [-0.1, -0.05) is 0 Å². The molecule has 0 spiro atoms. The molecule has 0 saturated carbocycles. The third-order valence-corrected chi connectivity index (χ3v) is 3.28. The van der Waals surface area contributed by atoms with Gasteiger partial charge in [-0.15, -0.1) is 0 Å². The van der Waals surface area contributed by atoms with E-state index in [-0.39, 0.29) is 22.3 Å². The molecule has 1 aromatic rings. The predicted molar refractivity (Wildman–Crippen MR) is 75.7 cm³/mol. The van der Waals surface area contributed by atoms with Gasteiger partial charge in [0, 0.05) is 0 Å². The van der Waals surface area contributed by atoms with Crippen molar-refractivity contribution >= 4 is 29.1 Å². The number of anilines is 1. The maximum absolute atomic E-state index is 12.4. The molecule has 0 aliphatic carbocycles. The van der Waals surface area contributed by atoms with Gasteiger partial charge in [0.25, 0.3) is 0 Å². The molecule has 1 aromatic heterocycles. The number of pyridine rings is 1. The van der Waals surface area contributed by atoms with Crippen LogP contribution < -0.4 is 10.9 Å². The number of aryl methyl sites for hydroxylation is 1. The van der Waals surface area contributed by atoms with Crippen LogP contribution in [0.2, 0.25) is 0 Å². The van der Waals surface area contributed by atoms with Gasteiger partial charge in [0.15, 0.2) is 0 Å². The third-order valence-electron chi connectivity index (χ3n) is 3.10. The minimum absolute atomic E-state index is 0.0627. The number of carboxylic acids is 1. The number of hydrogen-bond acceptors (Lipinski definition) is 5. The van der Waals surface area contributed by atoms with Gasteiger partial charge < -0.3 is 0 Å². The summed E-state index contributed by atoms with van der Waals surface area (Å²) in [6.07, 6.45) is 2.35. The molecule has 1 heterocycles. The van der Waals surface area contributed by atoms with E-state index in [2.05, 4.69) is 10.2 Å². The average molecular weight is 298 g/mol. The van der Waals surface area contributed by atoms with Crippen molar-refractivity contribution in [2.45, 2.75) is 26.2 Å². The van der Waals surface area contributed by atoms with E-state index in [0.29, 0.717) is 5.69 Å². The number of rotatable bonds is 5. The summed E-state index contributed by atoms with van der Waals surface area (Å²) < 4.78 is 16.5. The first-order valence-corrected chi connectivity index (χ1v) is 6.50. The van der Waals surface area contributed by atoms with Crippen molar-refractivity contribution in [2.24, 2.45) is 7.05 Å². The zero-order chi connectivity index (χ0) is 15.5. The Bertz CT molecular complexity index is 649. The molecule has 1 rings (SSSR count). The van der Waals surface area contributed by atoms with E-state index < -0.39 is 16.8 Å². The molecule has 7 nitrogen and oxygen atoms in total. The van der Waals surface area contributed by atoms with Crippen LogP contribution >= 0.6 is 0 Å². The van der Waals surface area contributed by atoms with Gasteiger partial charge in [-0.25, -0.2) is 0 Å². The van der Waals surface area contributed by atoms with E-state index in [1.54, 1.807) is 18.5 Å². The Morgan fingerprint density at radius 1 is 1.55 bits per heavy atom. The number of carbonyl (C=O) groups is 1. The third kappa shape index (κ3) is 3.05. The minimum atomic E-state index is -1.34. The first-order valence-electron chi connectivity index (χ1n) is 5.69. The maximum atomic E-state index is 12.4. The van der Waals surface area contributed by atoms with Crippen molar-refractivity contribution in [3.63, 3.8) is 0 Å². The summed E-state index contributed by atoms with van der Waals surface area (Å²) >= 11 is 0.0860. The molecule has 108 valence electrons. The van der Waals surface area contributed by atoms with E-state index in [4.69, 9.17) is 0 Å². The second-order valence-electron chi connectivity index (χ2n) is 4.79. The van der Waals surface area contributed by atoms with E-state index in [0.717, 1.165) is 6.36 Å². The van der Waals surface area contributed by atoms with Crippen LogP contribution in [0, 0.1) is 6.92 Å². The summed E-state index contributed by atoms with van der Waals surface area (Å²) in [6, 6.07) is 0. The second kappa shape index (κ2) is 6.14. The Labute approximate surface area is 119 Å². The van der Waals surface area contributed by atoms with Crippen LogP contribution in [0.4, 0.5) is 5.69 Å². The van der Waals surface area contributed by atoms with Gasteiger partial charge in [0.05, 0.1) is 0 Å². The number of nitrogens with one attached hydrogen (secondary N) is 1. The fraction of sp³-hybridized carbons (Fsp3) is 0.455. The van der Waals surface area contributed by atoms with Crippen LogP contribution in [-0.4, -0.2) is 26.2 Å². The van der Waals surface area contributed by atoms with Crippen LogP contribution in [0.25, 0.3) is 0 Å². The van der Waals surface area contributed by atoms with E-state index >= 15 is 0 Å². The Morgan fingerprint density at radius 3 is 2.65 bits per heavy atom. The summed E-state index contributed by atoms with van der Waals surface area (Å²) in [7, 11) is 1.69. The number of hydrogen-bond donors (Lipinski definition) is 2. The van der Waals surface area contributed by atoms with Gasteiger partial charge in [0.2, 0.25) is 0 Å². The second-order valence-corrected chi connectivity index (χ2v) is 5.17. The molecule has 0 bridgehead atoms. The molecule has 0 saturated heterocycles. The van der Waals surface area contributed by atoms with Crippen molar-refractivity contribution in [1.82, 2.24) is 4.57 Å². The first-order chi connectivity index (χ1) is 9.23. The summed E-state index contributed by atoms with van der Waals surface area (Å²) in [5.74, 6) is -1.10. The molecule has 0 aliphatic rings. The van der Waals surface area contributed by atoms with Crippen LogP contribution in [0.15, 0.2) is 11.0 Å². The van der Waals surface area contributed by atoms with Gasteiger partial charge in [-0.3, -0.25) is 0 Å². The molecule has 20 heavy (non-hydrogen) atoms. The zero-order valence-electron chi connectivity index (χ0n) is 11.6. The zero-order valence-corrected chi connectivity index (χ0v) is 12.4. The number of nitrogens with zero attached hydrogens (tertiary/aromatic N) is 1. The van der Waals surface area contributed by atoms with Crippen LogP contribution in [0.1, 0.15) is 25.1 Å². The van der Waals surface area contributed by atoms with Crippen LogP contribution in [0.5, 0.6) is 0 Å². The molecule has 2 N–H and O–H groups in total. The molecule has 0 unspecified atom stereocenters.